The zero-order valence-corrected chi connectivity index (χ0v) is 14.8. The second kappa shape index (κ2) is 8.46. The highest BCUT2D eigenvalue weighted by Gasteiger charge is 2.11. The minimum Gasteiger partial charge on any atom is -0.383 e. The molecule has 0 saturated carbocycles. The van der Waals surface area contributed by atoms with Crippen LogP contribution in [0.25, 0.3) is 0 Å². The van der Waals surface area contributed by atoms with Crippen molar-refractivity contribution in [2.75, 3.05) is 18.9 Å². The molecule has 4 nitrogen and oxygen atoms in total. The molecule has 6 heteroatoms. The van der Waals surface area contributed by atoms with Crippen molar-refractivity contribution in [1.82, 2.24) is 4.90 Å². The van der Waals surface area contributed by atoms with Crippen LogP contribution in [0.15, 0.2) is 46.9 Å². The maximum atomic E-state index is 13.1. The van der Waals surface area contributed by atoms with Crippen LogP contribution in [0.2, 0.25) is 0 Å². The van der Waals surface area contributed by atoms with Crippen LogP contribution in [0.1, 0.15) is 17.5 Å². The van der Waals surface area contributed by atoms with Crippen LogP contribution in [0.4, 0.5) is 10.1 Å². The van der Waals surface area contributed by atoms with Gasteiger partial charge in [0, 0.05) is 31.0 Å². The van der Waals surface area contributed by atoms with Crippen molar-refractivity contribution in [2.45, 2.75) is 13.0 Å². The van der Waals surface area contributed by atoms with Gasteiger partial charge in [-0.05, 0) is 29.8 Å². The number of carbonyl (C=O) groups is 1. The summed E-state index contributed by atoms with van der Waals surface area (Å²) in [6.45, 7) is 0.889. The second-order valence-electron chi connectivity index (χ2n) is 5.32. The topological polar surface area (TPSA) is 56.1 Å². The van der Waals surface area contributed by atoms with Crippen molar-refractivity contribution in [1.29, 1.82) is 5.26 Å². The molecule has 0 aliphatic heterocycles. The van der Waals surface area contributed by atoms with E-state index in [1.54, 1.807) is 11.9 Å². The summed E-state index contributed by atoms with van der Waals surface area (Å²) in [5.41, 5.74) is 1.79. The minimum atomic E-state index is -0.457. The Kier molecular flexibility index (Phi) is 6.33. The Morgan fingerprint density at radius 1 is 1.33 bits per heavy atom. The van der Waals surface area contributed by atoms with Crippen LogP contribution in [-0.4, -0.2) is 24.4 Å². The zero-order chi connectivity index (χ0) is 17.5. The SMILES string of the molecule is CN(Cc1ccccc1Br)C(=O)CCNc1ccc(F)cc1C#N. The van der Waals surface area contributed by atoms with Crippen LogP contribution in [0.3, 0.4) is 0 Å². The Balaban J connectivity index is 1.87. The third-order valence-electron chi connectivity index (χ3n) is 3.55. The fourth-order valence-corrected chi connectivity index (χ4v) is 2.64. The Labute approximate surface area is 149 Å². The van der Waals surface area contributed by atoms with Gasteiger partial charge in [-0.1, -0.05) is 34.1 Å². The highest BCUT2D eigenvalue weighted by Crippen LogP contribution is 2.18. The molecule has 0 fully saturated rings. The van der Waals surface area contributed by atoms with Crippen LogP contribution >= 0.6 is 15.9 Å². The summed E-state index contributed by atoms with van der Waals surface area (Å²) in [5, 5.41) is 12.0. The zero-order valence-electron chi connectivity index (χ0n) is 13.2. The van der Waals surface area contributed by atoms with Gasteiger partial charge in [-0.3, -0.25) is 4.79 Å². The molecule has 0 unspecified atom stereocenters. The fourth-order valence-electron chi connectivity index (χ4n) is 2.23. The number of hydrogen-bond donors (Lipinski definition) is 1. The monoisotopic (exact) mass is 389 g/mol. The van der Waals surface area contributed by atoms with E-state index in [4.69, 9.17) is 5.26 Å². The molecular weight excluding hydrogens is 373 g/mol. The maximum absolute atomic E-state index is 13.1. The van der Waals surface area contributed by atoms with E-state index >= 15 is 0 Å². The molecule has 24 heavy (non-hydrogen) atoms. The Hall–Kier alpha value is -2.39. The number of carbonyl (C=O) groups excluding carboxylic acids is 1. The minimum absolute atomic E-state index is 0.0149. The van der Waals surface area contributed by atoms with E-state index in [9.17, 15) is 9.18 Å². The number of amides is 1. The normalized spacial score (nSPS) is 10.1. The van der Waals surface area contributed by atoms with Gasteiger partial charge in [0.1, 0.15) is 11.9 Å². The third kappa shape index (κ3) is 4.80. The van der Waals surface area contributed by atoms with Gasteiger partial charge in [-0.25, -0.2) is 4.39 Å². The van der Waals surface area contributed by atoms with Crippen molar-refractivity contribution in [3.8, 4) is 6.07 Å². The van der Waals surface area contributed by atoms with E-state index in [1.807, 2.05) is 30.3 Å². The van der Waals surface area contributed by atoms with Gasteiger partial charge in [0.05, 0.1) is 11.3 Å². The number of nitriles is 1. The Morgan fingerprint density at radius 3 is 2.79 bits per heavy atom. The van der Waals surface area contributed by atoms with Crippen molar-refractivity contribution >= 4 is 27.5 Å². The first-order valence-corrected chi connectivity index (χ1v) is 8.21. The van der Waals surface area contributed by atoms with Crippen molar-refractivity contribution in [3.63, 3.8) is 0 Å². The molecule has 124 valence electrons. The molecule has 0 heterocycles. The van der Waals surface area contributed by atoms with Gasteiger partial charge in [0.25, 0.3) is 0 Å². The Morgan fingerprint density at radius 2 is 2.08 bits per heavy atom. The van der Waals surface area contributed by atoms with Crippen LogP contribution in [-0.2, 0) is 11.3 Å². The molecule has 0 aliphatic rings. The highest BCUT2D eigenvalue weighted by molar-refractivity contribution is 9.10. The highest BCUT2D eigenvalue weighted by atomic mass is 79.9. The lowest BCUT2D eigenvalue weighted by Crippen LogP contribution is -2.28. The first-order valence-electron chi connectivity index (χ1n) is 7.42. The smallest absolute Gasteiger partial charge is 0.224 e. The molecule has 0 radical (unpaired) electrons. The summed E-state index contributed by atoms with van der Waals surface area (Å²) >= 11 is 3.47. The van der Waals surface area contributed by atoms with Crippen molar-refractivity contribution < 1.29 is 9.18 Å². The molecular formula is C18H17BrFN3O. The van der Waals surface area contributed by atoms with Crippen molar-refractivity contribution in [2.24, 2.45) is 0 Å². The summed E-state index contributed by atoms with van der Waals surface area (Å²) < 4.78 is 14.1. The van der Waals surface area contributed by atoms with E-state index in [2.05, 4.69) is 21.2 Å². The molecule has 0 aliphatic carbocycles. The van der Waals surface area contributed by atoms with Gasteiger partial charge in [0.2, 0.25) is 5.91 Å². The fraction of sp³-hybridized carbons (Fsp3) is 0.222. The molecule has 0 aromatic heterocycles. The molecule has 2 rings (SSSR count). The first kappa shape index (κ1) is 18.0. The van der Waals surface area contributed by atoms with E-state index in [1.165, 1.54) is 18.2 Å². The predicted molar refractivity (Wildman–Crippen MR) is 94.8 cm³/mol. The molecule has 1 N–H and O–H groups in total. The Bertz CT molecular complexity index is 773. The quantitative estimate of drug-likeness (QED) is 0.814. The number of anilines is 1. The van der Waals surface area contributed by atoms with Crippen LogP contribution < -0.4 is 5.32 Å². The summed E-state index contributed by atoms with van der Waals surface area (Å²) in [5.74, 6) is -0.472. The maximum Gasteiger partial charge on any atom is 0.224 e. The first-order chi connectivity index (χ1) is 11.5. The van der Waals surface area contributed by atoms with E-state index in [0.717, 1.165) is 10.0 Å². The molecule has 2 aromatic carbocycles. The van der Waals surface area contributed by atoms with Gasteiger partial charge in [0.15, 0.2) is 0 Å². The van der Waals surface area contributed by atoms with Crippen LogP contribution in [0.5, 0.6) is 0 Å². The lowest BCUT2D eigenvalue weighted by Gasteiger charge is -2.18. The second-order valence-corrected chi connectivity index (χ2v) is 6.17. The predicted octanol–water partition coefficient (Wildman–Crippen LogP) is 3.92. The van der Waals surface area contributed by atoms with Gasteiger partial charge in [-0.2, -0.15) is 5.26 Å². The number of hydrogen-bond acceptors (Lipinski definition) is 3. The average Bonchev–Trinajstić information content (AvgIpc) is 2.57. The van der Waals surface area contributed by atoms with E-state index in [-0.39, 0.29) is 17.9 Å². The lowest BCUT2D eigenvalue weighted by molar-refractivity contribution is -0.130. The molecule has 0 spiro atoms. The number of nitrogens with zero attached hydrogens (tertiary/aromatic N) is 2. The molecule has 2 aromatic rings. The summed E-state index contributed by atoms with van der Waals surface area (Å²) in [4.78, 5) is 13.9. The standard InChI is InChI=1S/C18H17BrFN3O/c1-23(12-13-4-2-3-5-16(13)19)18(24)8-9-22-17-7-6-15(20)10-14(17)11-21/h2-7,10,22H,8-9,12H2,1H3. The third-order valence-corrected chi connectivity index (χ3v) is 4.32. The molecule has 0 saturated heterocycles. The van der Waals surface area contributed by atoms with Crippen LogP contribution in [0, 0.1) is 17.1 Å². The summed E-state index contributed by atoms with van der Waals surface area (Å²) in [7, 11) is 1.75. The summed E-state index contributed by atoms with van der Waals surface area (Å²) in [6.07, 6.45) is 0.281. The molecule has 0 bridgehead atoms. The largest absolute Gasteiger partial charge is 0.383 e. The van der Waals surface area contributed by atoms with E-state index < -0.39 is 5.82 Å². The molecule has 1 amide bonds. The van der Waals surface area contributed by atoms with Gasteiger partial charge < -0.3 is 10.2 Å². The number of benzene rings is 2. The molecule has 0 atom stereocenters. The average molecular weight is 390 g/mol. The number of rotatable bonds is 6. The van der Waals surface area contributed by atoms with Gasteiger partial charge in [-0.15, -0.1) is 0 Å². The van der Waals surface area contributed by atoms with Gasteiger partial charge >= 0.3 is 0 Å². The number of halogens is 2. The summed E-state index contributed by atoms with van der Waals surface area (Å²) in [6, 6.07) is 13.6. The lowest BCUT2D eigenvalue weighted by atomic mass is 10.2. The number of nitrogens with one attached hydrogen (secondary N) is 1. The van der Waals surface area contributed by atoms with E-state index in [0.29, 0.717) is 18.8 Å². The van der Waals surface area contributed by atoms with Crippen molar-refractivity contribution in [3.05, 3.63) is 63.9 Å².